The van der Waals surface area contributed by atoms with Crippen molar-refractivity contribution in [3.8, 4) is 11.3 Å². The molecule has 0 spiro atoms. The maximum absolute atomic E-state index is 4.58. The Balaban J connectivity index is 0.000000248. The minimum atomic E-state index is -1.14. The third kappa shape index (κ3) is 9.00. The van der Waals surface area contributed by atoms with Crippen molar-refractivity contribution in [2.75, 3.05) is 0 Å². The molecule has 7 aromatic rings. The molecule has 0 aliphatic carbocycles. The Morgan fingerprint density at radius 2 is 0.783 bits per heavy atom. The van der Waals surface area contributed by atoms with Crippen LogP contribution in [0.2, 0.25) is 0 Å². The van der Waals surface area contributed by atoms with Crippen molar-refractivity contribution in [1.29, 1.82) is 0 Å². The first-order chi connectivity index (χ1) is 22.9. The quantitative estimate of drug-likeness (QED) is 0.0905. The van der Waals surface area contributed by atoms with Gasteiger partial charge in [-0.05, 0) is 72.4 Å². The van der Waals surface area contributed by atoms with E-state index < -0.39 is 15.8 Å². The number of benzene rings is 6. The first-order valence-corrected chi connectivity index (χ1v) is 20.6. The number of hydrogen-bond donors (Lipinski definition) is 0. The zero-order valence-corrected chi connectivity index (χ0v) is 30.0. The summed E-state index contributed by atoms with van der Waals surface area (Å²) in [6.45, 7) is 0. The average Bonchev–Trinajstić information content (AvgIpc) is 3.16. The average molecular weight is 835 g/mol. The molecule has 0 atom stereocenters. The summed E-state index contributed by atoms with van der Waals surface area (Å²) in [5.41, 5.74) is 2.01. The Morgan fingerprint density at radius 3 is 1.13 bits per heavy atom. The van der Waals surface area contributed by atoms with Crippen molar-refractivity contribution < 1.29 is 20.0 Å². The fraction of sp³-hybridized carbons (Fsp3) is 0. The Kier molecular flexibility index (Phi) is 13.6. The van der Waals surface area contributed by atoms with Crippen LogP contribution in [0.3, 0.4) is 0 Å². The molecule has 1 aromatic heterocycles. The molecule has 0 unspecified atom stereocenters. The van der Waals surface area contributed by atoms with Crippen molar-refractivity contribution in [2.24, 2.45) is 0 Å². The van der Waals surface area contributed by atoms with Crippen LogP contribution in [0.15, 0.2) is 194 Å². The maximum Gasteiger partial charge on any atom is 0.144 e. The van der Waals surface area contributed by atoms with Crippen LogP contribution in [-0.2, 0) is 20.0 Å². The van der Waals surface area contributed by atoms with E-state index >= 15 is 0 Å². The first kappa shape index (κ1) is 33.7. The van der Waals surface area contributed by atoms with E-state index in [-0.39, 0.29) is 0 Å². The molecule has 46 heavy (non-hydrogen) atoms. The molecule has 6 aromatic carbocycles. The van der Waals surface area contributed by atoms with Crippen LogP contribution < -0.4 is 31.8 Å². The van der Waals surface area contributed by atoms with Crippen molar-refractivity contribution in [2.45, 2.75) is 0 Å². The zero-order chi connectivity index (χ0) is 31.8. The van der Waals surface area contributed by atoms with Crippen LogP contribution >= 0.6 is 25.0 Å². The smallest absolute Gasteiger partial charge is 0.144 e. The summed E-state index contributed by atoms with van der Waals surface area (Å²) in [7, 11) is 2.30. The third-order valence-electron chi connectivity index (χ3n) is 7.37. The van der Waals surface area contributed by atoms with E-state index in [9.17, 15) is 0 Å². The van der Waals surface area contributed by atoms with Crippen molar-refractivity contribution in [3.63, 3.8) is 0 Å². The molecule has 0 saturated heterocycles. The molecule has 0 aliphatic rings. The summed E-state index contributed by atoms with van der Waals surface area (Å²) in [5, 5.41) is 8.71. The molecule has 0 N–H and O–H groups in total. The van der Waals surface area contributed by atoms with Gasteiger partial charge in [0.05, 0.1) is 0 Å². The van der Waals surface area contributed by atoms with Gasteiger partial charge in [-0.1, -0.05) is 97.1 Å². The summed E-state index contributed by atoms with van der Waals surface area (Å²) in [6.07, 6.45) is 1.79. The Bertz CT molecular complexity index is 1630. The Labute approximate surface area is 291 Å². The Morgan fingerprint density at radius 1 is 0.413 bits per heavy atom. The van der Waals surface area contributed by atoms with E-state index in [0.29, 0.717) is 0 Å². The fourth-order valence-electron chi connectivity index (χ4n) is 5.37. The van der Waals surface area contributed by atoms with E-state index in [4.69, 9.17) is 0 Å². The molecule has 0 radical (unpaired) electrons. The minimum Gasteiger partial charge on any atom is -0.305 e. The first-order valence-electron chi connectivity index (χ1n) is 14.9. The van der Waals surface area contributed by atoms with Crippen LogP contribution in [0.25, 0.3) is 11.3 Å². The SMILES string of the molecule is [Cl][Au].[c-]1ccccc1-c1ccccn1.c1ccc([PH+](c2ccccc2)c2ccccc2[PH+](c2ccccc2)c2ccccc2)cc1. The molecule has 230 valence electrons. The van der Waals surface area contributed by atoms with Gasteiger partial charge in [0.2, 0.25) is 0 Å². The van der Waals surface area contributed by atoms with Gasteiger partial charge in [-0.25, -0.2) is 0 Å². The molecule has 0 saturated carbocycles. The van der Waals surface area contributed by atoms with Crippen molar-refractivity contribution in [1.82, 2.24) is 4.98 Å². The molecule has 0 bridgehead atoms. The third-order valence-corrected chi connectivity index (χ3v) is 13.2. The van der Waals surface area contributed by atoms with Crippen LogP contribution in [0, 0.1) is 6.07 Å². The largest absolute Gasteiger partial charge is 0.305 e. The zero-order valence-electron chi connectivity index (χ0n) is 25.1. The van der Waals surface area contributed by atoms with E-state index in [2.05, 4.69) is 166 Å². The van der Waals surface area contributed by atoms with Gasteiger partial charge in [0, 0.05) is 6.20 Å². The monoisotopic (exact) mass is 834 g/mol. The number of nitrogens with zero attached hydrogens (tertiary/aromatic N) is 1. The van der Waals surface area contributed by atoms with Gasteiger partial charge in [-0.2, -0.15) is 0 Å². The van der Waals surface area contributed by atoms with Crippen LogP contribution in [0.4, 0.5) is 0 Å². The van der Waals surface area contributed by atoms with Gasteiger partial charge < -0.3 is 4.98 Å². The molecule has 0 fully saturated rings. The van der Waals surface area contributed by atoms with Gasteiger partial charge in [0.15, 0.2) is 0 Å². The summed E-state index contributed by atoms with van der Waals surface area (Å²) in [5.74, 6) is 0. The molecule has 1 nitrogen and oxygen atoms in total. The second kappa shape index (κ2) is 18.5. The van der Waals surface area contributed by atoms with Gasteiger partial charge in [-0.3, -0.25) is 0 Å². The van der Waals surface area contributed by atoms with E-state index in [1.807, 2.05) is 42.5 Å². The molecule has 7 rings (SSSR count). The van der Waals surface area contributed by atoms with E-state index in [1.165, 1.54) is 31.8 Å². The van der Waals surface area contributed by atoms with Crippen LogP contribution in [0.1, 0.15) is 0 Å². The van der Waals surface area contributed by atoms with E-state index in [1.54, 1.807) is 26.2 Å². The predicted molar refractivity (Wildman–Crippen MR) is 201 cm³/mol. The standard InChI is InChI=1S/C30H24P2.C11H8N.Au.ClH/c1-5-15-25(16-6-1)31(26-17-7-2-8-18-26)29-23-13-14-24-30(29)32(27-19-9-3-10-20-27)28-21-11-4-12-22-28;1-2-6-10(7-3-1)11-8-4-5-9-12-11;;/h1-24H;1-6,8-9H;;1H/q;-1;+1;/p+1. The molecular weight excluding hydrogens is 801 g/mol. The van der Waals surface area contributed by atoms with Crippen LogP contribution in [0.5, 0.6) is 0 Å². The van der Waals surface area contributed by atoms with Gasteiger partial charge in [0.1, 0.15) is 47.7 Å². The second-order valence-electron chi connectivity index (χ2n) is 10.3. The summed E-state index contributed by atoms with van der Waals surface area (Å²) < 4.78 is 0. The normalized spacial score (nSPS) is 10.4. The predicted octanol–water partition coefficient (Wildman–Crippen LogP) is 7.90. The van der Waals surface area contributed by atoms with Gasteiger partial charge >= 0.3 is 29.2 Å². The van der Waals surface area contributed by atoms with Crippen LogP contribution in [-0.4, -0.2) is 4.98 Å². The number of rotatable bonds is 7. The van der Waals surface area contributed by atoms with Gasteiger partial charge in [-0.15, -0.1) is 35.9 Å². The minimum absolute atomic E-state index is 0.970. The Hall–Kier alpha value is -3.64. The molecule has 5 heteroatoms. The maximum atomic E-state index is 4.58. The summed E-state index contributed by atoms with van der Waals surface area (Å²) in [4.78, 5) is 4.22. The number of pyridine rings is 1. The molecule has 0 amide bonds. The second-order valence-corrected chi connectivity index (χ2v) is 15.1. The topological polar surface area (TPSA) is 12.9 Å². The van der Waals surface area contributed by atoms with Gasteiger partial charge in [0.25, 0.3) is 0 Å². The van der Waals surface area contributed by atoms with Crippen molar-refractivity contribution >= 4 is 56.9 Å². The number of halogens is 1. The van der Waals surface area contributed by atoms with Crippen molar-refractivity contribution in [3.05, 3.63) is 200 Å². The molecule has 1 heterocycles. The number of aromatic nitrogens is 1. The molecular formula is C41H34AuClNP2+. The number of hydrogen-bond acceptors (Lipinski definition) is 1. The fourth-order valence-corrected chi connectivity index (χ4v) is 11.4. The molecule has 0 aliphatic heterocycles. The summed E-state index contributed by atoms with van der Waals surface area (Å²) in [6, 6.07) is 70.2. The summed E-state index contributed by atoms with van der Waals surface area (Å²) >= 11 is 1.75. The van der Waals surface area contributed by atoms with E-state index in [0.717, 1.165) is 11.3 Å².